The first kappa shape index (κ1) is 13.4. The van der Waals surface area contributed by atoms with E-state index in [1.165, 1.54) is 0 Å². The van der Waals surface area contributed by atoms with E-state index >= 15 is 0 Å². The maximum atomic E-state index is 11.2. The largest absolute Gasteiger partial charge is 0.475 e. The van der Waals surface area contributed by atoms with E-state index in [2.05, 4.69) is 5.32 Å². The number of hydrogen-bond acceptors (Lipinski definition) is 4. The first-order chi connectivity index (χ1) is 6.49. The molecule has 0 aromatic heterocycles. The Bertz CT molecular complexity index is 176. The molecule has 0 aliphatic carbocycles. The van der Waals surface area contributed by atoms with Crippen LogP contribution in [0.5, 0.6) is 0 Å². The Labute approximate surface area is 84.8 Å². The van der Waals surface area contributed by atoms with Crippen LogP contribution in [0.2, 0.25) is 0 Å². The number of nitrogens with one attached hydrogen (secondary N) is 1. The summed E-state index contributed by atoms with van der Waals surface area (Å²) < 4.78 is 0. The highest BCUT2D eigenvalue weighted by Gasteiger charge is 2.25. The summed E-state index contributed by atoms with van der Waals surface area (Å²) in [6.45, 7) is 3.55. The van der Waals surface area contributed by atoms with Crippen molar-refractivity contribution in [3.8, 4) is 0 Å². The number of rotatable bonds is 6. The zero-order chi connectivity index (χ0) is 11.1. The molecular formula is C8H19BN2O3. The third kappa shape index (κ3) is 5.21. The van der Waals surface area contributed by atoms with Gasteiger partial charge in [0.25, 0.3) is 0 Å². The number of nitrogens with two attached hydrogens (primary N) is 1. The monoisotopic (exact) mass is 202 g/mol. The number of hydrogen-bond donors (Lipinski definition) is 4. The summed E-state index contributed by atoms with van der Waals surface area (Å²) in [5, 5.41) is 20.4. The third-order valence-corrected chi connectivity index (χ3v) is 1.97. The molecule has 0 fully saturated rings. The topological polar surface area (TPSA) is 95.6 Å². The zero-order valence-electron chi connectivity index (χ0n) is 8.73. The van der Waals surface area contributed by atoms with E-state index in [1.54, 1.807) is 6.92 Å². The van der Waals surface area contributed by atoms with Crippen molar-refractivity contribution in [2.24, 2.45) is 5.73 Å². The lowest BCUT2D eigenvalue weighted by Gasteiger charge is -2.18. The number of unbranched alkanes of at least 4 members (excludes halogenated alkanes) is 1. The van der Waals surface area contributed by atoms with Gasteiger partial charge in [-0.1, -0.05) is 19.8 Å². The molecule has 0 saturated carbocycles. The van der Waals surface area contributed by atoms with Gasteiger partial charge in [0.15, 0.2) is 0 Å². The van der Waals surface area contributed by atoms with Gasteiger partial charge in [-0.25, -0.2) is 0 Å². The minimum Gasteiger partial charge on any atom is -0.426 e. The third-order valence-electron chi connectivity index (χ3n) is 1.97. The Kier molecular flexibility index (Phi) is 6.52. The van der Waals surface area contributed by atoms with Crippen molar-refractivity contribution >= 4 is 13.0 Å². The van der Waals surface area contributed by atoms with Gasteiger partial charge in [0, 0.05) is 0 Å². The summed E-state index contributed by atoms with van der Waals surface area (Å²) in [7, 11) is -1.52. The number of carbonyl (C=O) groups excluding carboxylic acids is 1. The molecule has 5 nitrogen and oxygen atoms in total. The van der Waals surface area contributed by atoms with Crippen LogP contribution in [0.3, 0.4) is 0 Å². The van der Waals surface area contributed by atoms with Crippen molar-refractivity contribution in [1.29, 1.82) is 0 Å². The molecule has 0 spiro atoms. The van der Waals surface area contributed by atoms with Gasteiger partial charge in [0.1, 0.15) is 0 Å². The van der Waals surface area contributed by atoms with Gasteiger partial charge in [0.2, 0.25) is 5.91 Å². The second-order valence-corrected chi connectivity index (χ2v) is 3.46. The zero-order valence-corrected chi connectivity index (χ0v) is 8.73. The standard InChI is InChI=1S/C8H19BN2O3/c1-3-4-5-7(9(13)14)11-8(12)6(2)10/h6-7,13-14H,3-5,10H2,1-2H3,(H,11,12)/t6-,7-/m0/s1. The van der Waals surface area contributed by atoms with Crippen LogP contribution in [0.1, 0.15) is 33.1 Å². The van der Waals surface area contributed by atoms with Crippen LogP contribution in [0.25, 0.3) is 0 Å². The lowest BCUT2D eigenvalue weighted by atomic mass is 9.76. The molecule has 5 N–H and O–H groups in total. The first-order valence-corrected chi connectivity index (χ1v) is 4.91. The first-order valence-electron chi connectivity index (χ1n) is 4.91. The molecule has 0 saturated heterocycles. The van der Waals surface area contributed by atoms with E-state index in [0.717, 1.165) is 12.8 Å². The average Bonchev–Trinajstić information content (AvgIpc) is 2.10. The van der Waals surface area contributed by atoms with E-state index in [1.807, 2.05) is 6.92 Å². The van der Waals surface area contributed by atoms with Gasteiger partial charge in [-0.05, 0) is 13.3 Å². The van der Waals surface area contributed by atoms with Crippen molar-refractivity contribution in [2.75, 3.05) is 0 Å². The maximum absolute atomic E-state index is 11.2. The van der Waals surface area contributed by atoms with Crippen molar-refractivity contribution in [2.45, 2.75) is 45.1 Å². The van der Waals surface area contributed by atoms with Crippen LogP contribution in [-0.4, -0.2) is 35.1 Å². The molecule has 0 unspecified atom stereocenters. The lowest BCUT2D eigenvalue weighted by molar-refractivity contribution is -0.122. The molecule has 0 aliphatic heterocycles. The minimum atomic E-state index is -1.52. The molecule has 0 aromatic carbocycles. The normalized spacial score (nSPS) is 14.6. The highest BCUT2D eigenvalue weighted by Crippen LogP contribution is 2.01. The molecule has 6 heteroatoms. The van der Waals surface area contributed by atoms with Crippen molar-refractivity contribution < 1.29 is 14.8 Å². The highest BCUT2D eigenvalue weighted by atomic mass is 16.4. The predicted molar refractivity (Wildman–Crippen MR) is 55.3 cm³/mol. The smallest absolute Gasteiger partial charge is 0.426 e. The molecule has 0 bridgehead atoms. The SMILES string of the molecule is CCCC[C@H](NC(=O)[C@H](C)N)B(O)O. The van der Waals surface area contributed by atoms with E-state index in [0.29, 0.717) is 6.42 Å². The lowest BCUT2D eigenvalue weighted by Crippen LogP contribution is -2.50. The molecule has 1 amide bonds. The van der Waals surface area contributed by atoms with Crippen LogP contribution in [0, 0.1) is 0 Å². The molecule has 2 atom stereocenters. The van der Waals surface area contributed by atoms with Gasteiger partial charge >= 0.3 is 7.12 Å². The fourth-order valence-electron chi connectivity index (χ4n) is 1.03. The van der Waals surface area contributed by atoms with Crippen LogP contribution in [0.4, 0.5) is 0 Å². The predicted octanol–water partition coefficient (Wildman–Crippen LogP) is -0.979. The van der Waals surface area contributed by atoms with E-state index in [4.69, 9.17) is 15.8 Å². The highest BCUT2D eigenvalue weighted by molar-refractivity contribution is 6.43. The Morgan fingerprint density at radius 3 is 2.50 bits per heavy atom. The average molecular weight is 202 g/mol. The summed E-state index contributed by atoms with van der Waals surface area (Å²) in [4.78, 5) is 11.2. The molecule has 0 aliphatic rings. The van der Waals surface area contributed by atoms with Gasteiger partial charge in [-0.2, -0.15) is 0 Å². The Hall–Kier alpha value is -0.585. The van der Waals surface area contributed by atoms with Gasteiger partial charge in [-0.3, -0.25) is 4.79 Å². The Morgan fingerprint density at radius 1 is 1.57 bits per heavy atom. The van der Waals surface area contributed by atoms with Gasteiger partial charge in [0.05, 0.1) is 12.0 Å². The second kappa shape index (κ2) is 6.81. The van der Waals surface area contributed by atoms with E-state index in [-0.39, 0.29) is 5.91 Å². The summed E-state index contributed by atoms with van der Waals surface area (Å²) >= 11 is 0. The molecule has 14 heavy (non-hydrogen) atoms. The molecule has 0 rings (SSSR count). The minimum absolute atomic E-state index is 0.362. The summed E-state index contributed by atoms with van der Waals surface area (Å²) in [6.07, 6.45) is 2.32. The van der Waals surface area contributed by atoms with Gasteiger partial charge in [-0.15, -0.1) is 0 Å². The quantitative estimate of drug-likeness (QED) is 0.416. The Morgan fingerprint density at radius 2 is 2.14 bits per heavy atom. The Balaban J connectivity index is 4.02. The van der Waals surface area contributed by atoms with Crippen molar-refractivity contribution in [1.82, 2.24) is 5.32 Å². The number of amides is 1. The molecule has 0 heterocycles. The number of carbonyl (C=O) groups is 1. The molecule has 82 valence electrons. The summed E-state index contributed by atoms with van der Waals surface area (Å²) in [6, 6.07) is -0.627. The maximum Gasteiger partial charge on any atom is 0.475 e. The van der Waals surface area contributed by atoms with Crippen molar-refractivity contribution in [3.05, 3.63) is 0 Å². The fraction of sp³-hybridized carbons (Fsp3) is 0.875. The van der Waals surface area contributed by atoms with Gasteiger partial charge < -0.3 is 21.1 Å². The van der Waals surface area contributed by atoms with E-state index < -0.39 is 19.1 Å². The molecular weight excluding hydrogens is 183 g/mol. The summed E-state index contributed by atoms with van der Waals surface area (Å²) in [5.41, 5.74) is 5.34. The van der Waals surface area contributed by atoms with Crippen molar-refractivity contribution in [3.63, 3.8) is 0 Å². The van der Waals surface area contributed by atoms with E-state index in [9.17, 15) is 4.79 Å². The molecule has 0 radical (unpaired) electrons. The van der Waals surface area contributed by atoms with Crippen LogP contribution in [-0.2, 0) is 4.79 Å². The molecule has 0 aromatic rings. The van der Waals surface area contributed by atoms with Crippen LogP contribution < -0.4 is 11.1 Å². The summed E-state index contributed by atoms with van der Waals surface area (Å²) in [5.74, 6) is -0.979. The van der Waals surface area contributed by atoms with Crippen LogP contribution in [0.15, 0.2) is 0 Å². The second-order valence-electron chi connectivity index (χ2n) is 3.46. The fourth-order valence-corrected chi connectivity index (χ4v) is 1.03. The van der Waals surface area contributed by atoms with Crippen LogP contribution >= 0.6 is 0 Å².